The first-order valence-corrected chi connectivity index (χ1v) is 7.37. The van der Waals surface area contributed by atoms with E-state index in [0.29, 0.717) is 6.61 Å². The van der Waals surface area contributed by atoms with Crippen molar-refractivity contribution >= 4 is 15.9 Å². The van der Waals surface area contributed by atoms with Crippen molar-refractivity contribution in [2.75, 3.05) is 7.05 Å². The molecule has 1 aromatic carbocycles. The van der Waals surface area contributed by atoms with Crippen LogP contribution in [0.1, 0.15) is 22.5 Å². The average Bonchev–Trinajstić information content (AvgIpc) is 2.64. The minimum Gasteiger partial charge on any atom is -0.487 e. The highest BCUT2D eigenvalue weighted by molar-refractivity contribution is 9.10. The van der Waals surface area contributed by atoms with Gasteiger partial charge in [0.1, 0.15) is 12.4 Å². The molecule has 0 spiro atoms. The van der Waals surface area contributed by atoms with E-state index >= 15 is 0 Å². The van der Waals surface area contributed by atoms with Crippen molar-refractivity contribution in [2.24, 2.45) is 7.05 Å². The Kier molecular flexibility index (Phi) is 4.83. The van der Waals surface area contributed by atoms with E-state index in [1.165, 1.54) is 5.56 Å². The van der Waals surface area contributed by atoms with Crippen molar-refractivity contribution in [3.8, 4) is 5.75 Å². The Balaban J connectivity index is 2.22. The number of para-hydroxylation sites is 1. The van der Waals surface area contributed by atoms with E-state index in [1.807, 2.05) is 25.7 Å². The van der Waals surface area contributed by atoms with Gasteiger partial charge in [0, 0.05) is 19.2 Å². The fourth-order valence-corrected chi connectivity index (χ4v) is 2.68. The van der Waals surface area contributed by atoms with Gasteiger partial charge in [-0.25, -0.2) is 0 Å². The summed E-state index contributed by atoms with van der Waals surface area (Å²) in [5, 5.41) is 7.55. The third kappa shape index (κ3) is 3.04. The molecule has 2 aromatic rings. The number of halogens is 1. The van der Waals surface area contributed by atoms with Gasteiger partial charge in [-0.1, -0.05) is 18.2 Å². The zero-order chi connectivity index (χ0) is 14.7. The number of benzene rings is 1. The molecule has 0 aliphatic carbocycles. The molecule has 1 aromatic heterocycles. The highest BCUT2D eigenvalue weighted by atomic mass is 79.9. The Morgan fingerprint density at radius 3 is 2.70 bits per heavy atom. The van der Waals surface area contributed by atoms with Crippen LogP contribution in [0.25, 0.3) is 0 Å². The number of ether oxygens (including phenoxy) is 1. The first-order valence-electron chi connectivity index (χ1n) is 6.58. The van der Waals surface area contributed by atoms with Crippen molar-refractivity contribution in [1.29, 1.82) is 0 Å². The van der Waals surface area contributed by atoms with E-state index in [0.717, 1.165) is 33.7 Å². The monoisotopic (exact) mass is 337 g/mol. The summed E-state index contributed by atoms with van der Waals surface area (Å²) in [6, 6.07) is 6.21. The summed E-state index contributed by atoms with van der Waals surface area (Å²) in [7, 11) is 3.87. The highest BCUT2D eigenvalue weighted by Crippen LogP contribution is 2.26. The van der Waals surface area contributed by atoms with E-state index in [1.54, 1.807) is 0 Å². The molecule has 0 atom stereocenters. The molecular weight excluding hydrogens is 318 g/mol. The molecule has 0 aliphatic heterocycles. The smallest absolute Gasteiger partial charge is 0.131 e. The molecule has 0 aliphatic rings. The van der Waals surface area contributed by atoms with Crippen molar-refractivity contribution in [3.05, 3.63) is 45.2 Å². The minimum atomic E-state index is 0.499. The lowest BCUT2D eigenvalue weighted by atomic mass is 10.1. The molecule has 0 saturated heterocycles. The summed E-state index contributed by atoms with van der Waals surface area (Å²) in [6.45, 7) is 5.34. The summed E-state index contributed by atoms with van der Waals surface area (Å²) in [5.41, 5.74) is 4.34. The fourth-order valence-electron chi connectivity index (χ4n) is 2.23. The third-order valence-electron chi connectivity index (χ3n) is 3.28. The number of nitrogens with zero attached hydrogens (tertiary/aromatic N) is 2. The fraction of sp³-hybridized carbons (Fsp3) is 0.400. The Labute approximate surface area is 128 Å². The Morgan fingerprint density at radius 2 is 2.10 bits per heavy atom. The number of rotatable bonds is 5. The molecule has 2 rings (SSSR count). The Hall–Kier alpha value is -1.33. The standard InChI is InChI=1S/C15H20BrN3O/c1-10-6-5-7-12(8-17-3)15(10)20-9-13-14(16)11(2)18-19(13)4/h5-7,17H,8-9H2,1-4H3. The lowest BCUT2D eigenvalue weighted by Gasteiger charge is -2.14. The van der Waals surface area contributed by atoms with Gasteiger partial charge in [-0.05, 0) is 42.4 Å². The first-order chi connectivity index (χ1) is 9.54. The van der Waals surface area contributed by atoms with Crippen LogP contribution in [-0.2, 0) is 20.2 Å². The SMILES string of the molecule is CNCc1cccc(C)c1OCc1c(Br)c(C)nn1C. The van der Waals surface area contributed by atoms with E-state index in [4.69, 9.17) is 4.74 Å². The molecular formula is C15H20BrN3O. The summed E-state index contributed by atoms with van der Waals surface area (Å²) in [4.78, 5) is 0. The minimum absolute atomic E-state index is 0.499. The molecule has 4 nitrogen and oxygen atoms in total. The Bertz CT molecular complexity index is 607. The average molecular weight is 338 g/mol. The van der Waals surface area contributed by atoms with Crippen molar-refractivity contribution < 1.29 is 4.74 Å². The molecule has 20 heavy (non-hydrogen) atoms. The Morgan fingerprint density at radius 1 is 1.35 bits per heavy atom. The van der Waals surface area contributed by atoms with Crippen LogP contribution in [0.15, 0.2) is 22.7 Å². The number of hydrogen-bond acceptors (Lipinski definition) is 3. The molecule has 0 unspecified atom stereocenters. The molecule has 0 bridgehead atoms. The van der Waals surface area contributed by atoms with Crippen LogP contribution in [0, 0.1) is 13.8 Å². The van der Waals surface area contributed by atoms with E-state index in [9.17, 15) is 0 Å². The van der Waals surface area contributed by atoms with Gasteiger partial charge in [0.2, 0.25) is 0 Å². The molecule has 5 heteroatoms. The van der Waals surface area contributed by atoms with Gasteiger partial charge < -0.3 is 10.1 Å². The number of aryl methyl sites for hydroxylation is 3. The summed E-state index contributed by atoms with van der Waals surface area (Å²) in [6.07, 6.45) is 0. The van der Waals surface area contributed by atoms with Gasteiger partial charge in [-0.3, -0.25) is 4.68 Å². The van der Waals surface area contributed by atoms with Gasteiger partial charge in [0.15, 0.2) is 0 Å². The summed E-state index contributed by atoms with van der Waals surface area (Å²) < 4.78 is 8.92. The normalized spacial score (nSPS) is 10.8. The van der Waals surface area contributed by atoms with Crippen LogP contribution >= 0.6 is 15.9 Å². The summed E-state index contributed by atoms with van der Waals surface area (Å²) in [5.74, 6) is 0.951. The first kappa shape index (κ1) is 15.1. The van der Waals surface area contributed by atoms with Crippen LogP contribution < -0.4 is 10.1 Å². The van der Waals surface area contributed by atoms with Crippen molar-refractivity contribution in [1.82, 2.24) is 15.1 Å². The van der Waals surface area contributed by atoms with Crippen molar-refractivity contribution in [3.63, 3.8) is 0 Å². The second kappa shape index (κ2) is 6.41. The number of hydrogen-bond donors (Lipinski definition) is 1. The lowest BCUT2D eigenvalue weighted by molar-refractivity contribution is 0.288. The van der Waals surface area contributed by atoms with Gasteiger partial charge in [-0.2, -0.15) is 5.10 Å². The van der Waals surface area contributed by atoms with Crippen LogP contribution in [-0.4, -0.2) is 16.8 Å². The second-order valence-electron chi connectivity index (χ2n) is 4.85. The number of aromatic nitrogens is 2. The maximum Gasteiger partial charge on any atom is 0.131 e. The van der Waals surface area contributed by atoms with Gasteiger partial charge in [-0.15, -0.1) is 0 Å². The summed E-state index contributed by atoms with van der Waals surface area (Å²) >= 11 is 3.57. The largest absolute Gasteiger partial charge is 0.487 e. The number of nitrogens with one attached hydrogen (secondary N) is 1. The van der Waals surface area contributed by atoms with Crippen LogP contribution in [0.2, 0.25) is 0 Å². The van der Waals surface area contributed by atoms with Gasteiger partial charge in [0.05, 0.1) is 15.9 Å². The van der Waals surface area contributed by atoms with E-state index in [2.05, 4.69) is 51.5 Å². The molecule has 0 saturated carbocycles. The van der Waals surface area contributed by atoms with E-state index < -0.39 is 0 Å². The molecule has 1 N–H and O–H groups in total. The molecule has 108 valence electrons. The lowest BCUT2D eigenvalue weighted by Crippen LogP contribution is -2.10. The van der Waals surface area contributed by atoms with Gasteiger partial charge in [0.25, 0.3) is 0 Å². The molecule has 0 radical (unpaired) electrons. The third-order valence-corrected chi connectivity index (χ3v) is 4.31. The van der Waals surface area contributed by atoms with Crippen LogP contribution in [0.5, 0.6) is 5.75 Å². The maximum absolute atomic E-state index is 6.05. The predicted molar refractivity (Wildman–Crippen MR) is 83.9 cm³/mol. The molecule has 1 heterocycles. The topological polar surface area (TPSA) is 39.1 Å². The van der Waals surface area contributed by atoms with E-state index in [-0.39, 0.29) is 0 Å². The van der Waals surface area contributed by atoms with Crippen molar-refractivity contribution in [2.45, 2.75) is 27.0 Å². The molecule has 0 amide bonds. The van der Waals surface area contributed by atoms with Crippen LogP contribution in [0.4, 0.5) is 0 Å². The predicted octanol–water partition coefficient (Wildman–Crippen LogP) is 3.10. The zero-order valence-electron chi connectivity index (χ0n) is 12.3. The second-order valence-corrected chi connectivity index (χ2v) is 5.64. The van der Waals surface area contributed by atoms with Crippen LogP contribution in [0.3, 0.4) is 0 Å². The molecule has 0 fully saturated rings. The maximum atomic E-state index is 6.05. The van der Waals surface area contributed by atoms with Gasteiger partial charge >= 0.3 is 0 Å². The zero-order valence-corrected chi connectivity index (χ0v) is 13.9. The highest BCUT2D eigenvalue weighted by Gasteiger charge is 2.13. The quantitative estimate of drug-likeness (QED) is 0.911.